The van der Waals surface area contributed by atoms with Crippen molar-refractivity contribution in [3.05, 3.63) is 194 Å². The molecule has 10 aromatic rings. The van der Waals surface area contributed by atoms with E-state index in [4.69, 9.17) is 0 Å². The van der Waals surface area contributed by atoms with Gasteiger partial charge in [0.15, 0.2) is 0 Å². The van der Waals surface area contributed by atoms with E-state index in [1.807, 2.05) is 0 Å². The van der Waals surface area contributed by atoms with Crippen LogP contribution in [-0.4, -0.2) is 0 Å². The van der Waals surface area contributed by atoms with E-state index in [1.165, 1.54) is 110 Å². The highest BCUT2D eigenvalue weighted by molar-refractivity contribution is 6.26. The van der Waals surface area contributed by atoms with Gasteiger partial charge in [0.05, 0.1) is 0 Å². The molecule has 10 aromatic carbocycles. The lowest BCUT2D eigenvalue weighted by molar-refractivity contribution is 1.62. The zero-order valence-corrected chi connectivity index (χ0v) is 28.5. The summed E-state index contributed by atoms with van der Waals surface area (Å²) in [5.74, 6) is 0. The Bertz CT molecular complexity index is 2960. The van der Waals surface area contributed by atoms with Crippen LogP contribution >= 0.6 is 0 Å². The summed E-state index contributed by atoms with van der Waals surface area (Å²) >= 11 is 0. The lowest BCUT2D eigenvalue weighted by Gasteiger charge is -2.20. The summed E-state index contributed by atoms with van der Waals surface area (Å²) in [6.45, 7) is 0. The molecular weight excluding hydrogens is 625 g/mol. The van der Waals surface area contributed by atoms with Crippen LogP contribution < -0.4 is 0 Å². The molecule has 0 heteroatoms. The standard InChI is InChI=1S/C52H32/c1-2-14-34-31-36(28-27-33(34)13-1)35-15-11-16-37(32-35)50-43-21-7-9-23-45(43)52(46-24-10-8-22-44(46)50)49-30-29-48-41-20-6-4-18-39(41)38-17-3-5-19-40(38)42-25-12-26-47(49)51(42)48/h1-32H. The van der Waals surface area contributed by atoms with Gasteiger partial charge in [0.2, 0.25) is 0 Å². The predicted octanol–water partition coefficient (Wildman–Crippen LogP) is 14.6. The maximum Gasteiger partial charge on any atom is -0.00201 e. The topological polar surface area (TPSA) is 0 Å². The SMILES string of the molecule is c1cc(-c2ccc3ccccc3c2)cc(-c2c3ccccc3c(-c3ccc4c5c(cccc35)-c3ccccc3-c3ccccc3-4)c3ccccc23)c1. The molecule has 0 N–H and O–H groups in total. The Morgan fingerprint density at radius 1 is 0.212 bits per heavy atom. The molecule has 0 saturated carbocycles. The Morgan fingerprint density at radius 3 is 1.33 bits per heavy atom. The fraction of sp³-hybridized carbons (Fsp3) is 0. The van der Waals surface area contributed by atoms with E-state index in [9.17, 15) is 0 Å². The van der Waals surface area contributed by atoms with E-state index >= 15 is 0 Å². The molecule has 0 heterocycles. The van der Waals surface area contributed by atoms with Crippen molar-refractivity contribution in [2.75, 3.05) is 0 Å². The number of hydrogen-bond acceptors (Lipinski definition) is 0. The molecule has 0 fully saturated rings. The molecule has 0 aromatic heterocycles. The summed E-state index contributed by atoms with van der Waals surface area (Å²) in [6.07, 6.45) is 0. The zero-order valence-electron chi connectivity index (χ0n) is 28.5. The van der Waals surface area contributed by atoms with Crippen molar-refractivity contribution >= 4 is 43.1 Å². The first-order chi connectivity index (χ1) is 25.8. The molecule has 0 unspecified atom stereocenters. The monoisotopic (exact) mass is 656 g/mol. The lowest BCUT2D eigenvalue weighted by atomic mass is 9.82. The van der Waals surface area contributed by atoms with E-state index < -0.39 is 0 Å². The van der Waals surface area contributed by atoms with E-state index in [0.29, 0.717) is 0 Å². The molecule has 11 rings (SSSR count). The molecule has 0 radical (unpaired) electrons. The largest absolute Gasteiger partial charge is 0.0616 e. The van der Waals surface area contributed by atoms with Gasteiger partial charge in [-0.2, -0.15) is 0 Å². The van der Waals surface area contributed by atoms with E-state index in [0.717, 1.165) is 0 Å². The molecule has 0 amide bonds. The average molecular weight is 657 g/mol. The van der Waals surface area contributed by atoms with Gasteiger partial charge in [-0.25, -0.2) is 0 Å². The number of rotatable bonds is 3. The van der Waals surface area contributed by atoms with Crippen molar-refractivity contribution in [1.29, 1.82) is 0 Å². The Labute approximate surface area is 302 Å². The normalized spacial score (nSPS) is 11.8. The van der Waals surface area contributed by atoms with Crippen LogP contribution in [0.15, 0.2) is 194 Å². The minimum atomic E-state index is 1.22. The van der Waals surface area contributed by atoms with Gasteiger partial charge in [-0.1, -0.05) is 182 Å². The number of fused-ring (bicyclic) bond motifs is 8. The Kier molecular flexibility index (Phi) is 6.35. The third kappa shape index (κ3) is 4.28. The third-order valence-electron chi connectivity index (χ3n) is 11.2. The van der Waals surface area contributed by atoms with Crippen LogP contribution in [0.5, 0.6) is 0 Å². The second kappa shape index (κ2) is 11.4. The zero-order chi connectivity index (χ0) is 34.2. The van der Waals surface area contributed by atoms with Gasteiger partial charge in [0.25, 0.3) is 0 Å². The van der Waals surface area contributed by atoms with Gasteiger partial charge in [-0.15, -0.1) is 0 Å². The summed E-state index contributed by atoms with van der Waals surface area (Å²) < 4.78 is 0. The quantitative estimate of drug-likeness (QED) is 0.166. The first kappa shape index (κ1) is 29.0. The summed E-state index contributed by atoms with van der Waals surface area (Å²) in [4.78, 5) is 0. The van der Waals surface area contributed by atoms with E-state index in [-0.39, 0.29) is 0 Å². The van der Waals surface area contributed by atoms with Crippen LogP contribution in [0.4, 0.5) is 0 Å². The van der Waals surface area contributed by atoms with Crippen LogP contribution in [0.1, 0.15) is 0 Å². The Balaban J connectivity index is 1.19. The Hall–Kier alpha value is -6.76. The average Bonchev–Trinajstić information content (AvgIpc) is 3.34. The summed E-state index contributed by atoms with van der Waals surface area (Å²) in [6, 6.07) is 71.9. The van der Waals surface area contributed by atoms with E-state index in [2.05, 4.69) is 194 Å². The van der Waals surface area contributed by atoms with Gasteiger partial charge >= 0.3 is 0 Å². The molecule has 0 saturated heterocycles. The van der Waals surface area contributed by atoms with Crippen molar-refractivity contribution in [2.45, 2.75) is 0 Å². The van der Waals surface area contributed by atoms with Crippen molar-refractivity contribution in [3.8, 4) is 66.8 Å². The molecule has 240 valence electrons. The third-order valence-corrected chi connectivity index (χ3v) is 11.2. The number of hydrogen-bond donors (Lipinski definition) is 0. The van der Waals surface area contributed by atoms with Gasteiger partial charge in [-0.3, -0.25) is 0 Å². The maximum atomic E-state index is 2.38. The van der Waals surface area contributed by atoms with Gasteiger partial charge < -0.3 is 0 Å². The van der Waals surface area contributed by atoms with Crippen LogP contribution in [0.25, 0.3) is 110 Å². The first-order valence-electron chi connectivity index (χ1n) is 18.1. The lowest BCUT2D eigenvalue weighted by Crippen LogP contribution is -1.93. The number of benzene rings is 10. The molecule has 0 atom stereocenters. The fourth-order valence-corrected chi connectivity index (χ4v) is 8.93. The predicted molar refractivity (Wildman–Crippen MR) is 223 cm³/mol. The van der Waals surface area contributed by atoms with Crippen molar-refractivity contribution < 1.29 is 0 Å². The summed E-state index contributed by atoms with van der Waals surface area (Å²) in [5, 5.41) is 10.2. The van der Waals surface area contributed by atoms with Gasteiger partial charge in [0.1, 0.15) is 0 Å². The van der Waals surface area contributed by atoms with Gasteiger partial charge in [0, 0.05) is 0 Å². The smallest absolute Gasteiger partial charge is 0.00201 e. The molecule has 1 aliphatic carbocycles. The van der Waals surface area contributed by atoms with Crippen molar-refractivity contribution in [3.63, 3.8) is 0 Å². The highest BCUT2D eigenvalue weighted by atomic mass is 14.3. The van der Waals surface area contributed by atoms with Crippen LogP contribution in [0.3, 0.4) is 0 Å². The highest BCUT2D eigenvalue weighted by Crippen LogP contribution is 2.51. The molecule has 0 nitrogen and oxygen atoms in total. The molecule has 0 bridgehead atoms. The van der Waals surface area contributed by atoms with Crippen molar-refractivity contribution in [1.82, 2.24) is 0 Å². The van der Waals surface area contributed by atoms with Crippen LogP contribution in [0.2, 0.25) is 0 Å². The second-order valence-electron chi connectivity index (χ2n) is 14.0. The fourth-order valence-electron chi connectivity index (χ4n) is 8.93. The molecule has 1 aliphatic rings. The first-order valence-corrected chi connectivity index (χ1v) is 18.1. The second-order valence-corrected chi connectivity index (χ2v) is 14.0. The van der Waals surface area contributed by atoms with Crippen molar-refractivity contribution in [2.24, 2.45) is 0 Å². The van der Waals surface area contributed by atoms with E-state index in [1.54, 1.807) is 0 Å². The van der Waals surface area contributed by atoms with Crippen LogP contribution in [0, 0.1) is 0 Å². The van der Waals surface area contributed by atoms with Crippen LogP contribution in [-0.2, 0) is 0 Å². The molecule has 52 heavy (non-hydrogen) atoms. The highest BCUT2D eigenvalue weighted by Gasteiger charge is 2.24. The summed E-state index contributed by atoms with van der Waals surface area (Å²) in [7, 11) is 0. The minimum Gasteiger partial charge on any atom is -0.0616 e. The molecule has 0 aliphatic heterocycles. The van der Waals surface area contributed by atoms with Gasteiger partial charge in [-0.05, 0) is 122 Å². The Morgan fingerprint density at radius 2 is 0.654 bits per heavy atom. The molecular formula is C52H32. The summed E-state index contributed by atoms with van der Waals surface area (Å²) in [5.41, 5.74) is 15.2. The molecule has 0 spiro atoms. The minimum absolute atomic E-state index is 1.22. The maximum absolute atomic E-state index is 2.38.